The van der Waals surface area contributed by atoms with Crippen molar-refractivity contribution in [3.05, 3.63) is 65.2 Å². The lowest BCUT2D eigenvalue weighted by molar-refractivity contribution is -0.137. The zero-order chi connectivity index (χ0) is 19.2. The molecule has 0 aromatic heterocycles. The molecule has 0 heterocycles. The maximum Gasteiger partial charge on any atom is 0.416 e. The molecule has 26 heavy (non-hydrogen) atoms. The van der Waals surface area contributed by atoms with Crippen LogP contribution in [0.15, 0.2) is 48.5 Å². The second-order valence-electron chi connectivity index (χ2n) is 6.21. The zero-order valence-corrected chi connectivity index (χ0v) is 14.8. The minimum Gasteiger partial charge on any atom is -0.494 e. The molecule has 0 unspecified atom stereocenters. The first-order valence-electron chi connectivity index (χ1n) is 8.35. The fourth-order valence-electron chi connectivity index (χ4n) is 2.47. The Morgan fingerprint density at radius 3 is 2.42 bits per heavy atom. The summed E-state index contributed by atoms with van der Waals surface area (Å²) in [5, 5.41) is 0. The van der Waals surface area contributed by atoms with Crippen molar-refractivity contribution < 1.29 is 22.7 Å². The highest BCUT2D eigenvalue weighted by Gasteiger charge is 2.29. The quantitative estimate of drug-likeness (QED) is 0.658. The summed E-state index contributed by atoms with van der Waals surface area (Å²) >= 11 is 0. The summed E-state index contributed by atoms with van der Waals surface area (Å²) in [6.45, 7) is 2.69. The van der Waals surface area contributed by atoms with E-state index < -0.39 is 11.7 Å². The van der Waals surface area contributed by atoms with E-state index in [1.165, 1.54) is 17.0 Å². The van der Waals surface area contributed by atoms with Crippen LogP contribution in [-0.4, -0.2) is 24.5 Å². The number of halogens is 3. The van der Waals surface area contributed by atoms with Gasteiger partial charge in [-0.3, -0.25) is 4.79 Å². The fraction of sp³-hybridized carbons (Fsp3) is 0.350. The SMILES string of the molecule is Cc1cccc(OCCCC(=O)N(C)Cc2ccc(C(F)(F)F)cc2)c1. The highest BCUT2D eigenvalue weighted by molar-refractivity contribution is 5.75. The molecule has 0 aliphatic heterocycles. The molecule has 3 nitrogen and oxygen atoms in total. The number of aryl methyl sites for hydroxylation is 1. The van der Waals surface area contributed by atoms with Gasteiger partial charge in [0.1, 0.15) is 5.75 Å². The molecular formula is C20H22F3NO2. The van der Waals surface area contributed by atoms with Crippen molar-refractivity contribution in [2.75, 3.05) is 13.7 Å². The number of hydrogen-bond donors (Lipinski definition) is 0. The van der Waals surface area contributed by atoms with Crippen molar-refractivity contribution in [3.8, 4) is 5.75 Å². The number of ether oxygens (including phenoxy) is 1. The summed E-state index contributed by atoms with van der Waals surface area (Å²) < 4.78 is 43.3. The third-order valence-electron chi connectivity index (χ3n) is 3.92. The second kappa shape index (κ2) is 8.74. The van der Waals surface area contributed by atoms with Crippen molar-refractivity contribution in [1.82, 2.24) is 4.90 Å². The number of rotatable bonds is 7. The first kappa shape index (κ1) is 19.8. The molecule has 1 amide bonds. The van der Waals surface area contributed by atoms with Gasteiger partial charge in [0.2, 0.25) is 5.91 Å². The van der Waals surface area contributed by atoms with Crippen LogP contribution in [0.3, 0.4) is 0 Å². The minimum absolute atomic E-state index is 0.0715. The van der Waals surface area contributed by atoms with Gasteiger partial charge in [-0.2, -0.15) is 13.2 Å². The van der Waals surface area contributed by atoms with E-state index in [4.69, 9.17) is 4.74 Å². The molecule has 2 aromatic carbocycles. The molecule has 0 aliphatic rings. The van der Waals surface area contributed by atoms with Gasteiger partial charge in [-0.25, -0.2) is 0 Å². The molecule has 0 saturated heterocycles. The Labute approximate surface area is 151 Å². The monoisotopic (exact) mass is 365 g/mol. The van der Waals surface area contributed by atoms with Gasteiger partial charge in [-0.05, 0) is 48.7 Å². The van der Waals surface area contributed by atoms with Gasteiger partial charge in [0.05, 0.1) is 12.2 Å². The molecule has 0 N–H and O–H groups in total. The van der Waals surface area contributed by atoms with Gasteiger partial charge in [-0.15, -0.1) is 0 Å². The minimum atomic E-state index is -4.35. The molecule has 0 saturated carbocycles. The van der Waals surface area contributed by atoms with Gasteiger partial charge in [-0.1, -0.05) is 24.3 Å². The zero-order valence-electron chi connectivity index (χ0n) is 14.8. The van der Waals surface area contributed by atoms with Crippen LogP contribution >= 0.6 is 0 Å². The summed E-state index contributed by atoms with van der Waals surface area (Å²) in [4.78, 5) is 13.6. The predicted molar refractivity (Wildman–Crippen MR) is 93.8 cm³/mol. The maximum atomic E-state index is 12.6. The van der Waals surface area contributed by atoms with Crippen LogP contribution in [0.4, 0.5) is 13.2 Å². The van der Waals surface area contributed by atoms with E-state index in [0.717, 1.165) is 23.4 Å². The molecule has 0 atom stereocenters. The van der Waals surface area contributed by atoms with Crippen LogP contribution in [0.1, 0.15) is 29.5 Å². The number of hydrogen-bond acceptors (Lipinski definition) is 2. The lowest BCUT2D eigenvalue weighted by Gasteiger charge is -2.18. The molecule has 0 spiro atoms. The van der Waals surface area contributed by atoms with E-state index in [9.17, 15) is 18.0 Å². The summed E-state index contributed by atoms with van der Waals surface area (Å²) in [6, 6.07) is 12.5. The van der Waals surface area contributed by atoms with Gasteiger partial charge >= 0.3 is 6.18 Å². The molecule has 0 aliphatic carbocycles. The van der Waals surface area contributed by atoms with Crippen molar-refractivity contribution >= 4 is 5.91 Å². The summed E-state index contributed by atoms with van der Waals surface area (Å²) in [7, 11) is 1.64. The molecule has 2 aromatic rings. The molecule has 2 rings (SSSR count). The normalized spacial score (nSPS) is 11.3. The van der Waals surface area contributed by atoms with Crippen LogP contribution in [0.5, 0.6) is 5.75 Å². The lowest BCUT2D eigenvalue weighted by atomic mass is 10.1. The Morgan fingerprint density at radius 1 is 1.12 bits per heavy atom. The average Bonchev–Trinajstić information content (AvgIpc) is 2.58. The summed E-state index contributed by atoms with van der Waals surface area (Å²) in [5.74, 6) is 0.702. The van der Waals surface area contributed by atoms with E-state index >= 15 is 0 Å². The van der Waals surface area contributed by atoms with E-state index in [0.29, 0.717) is 25.0 Å². The van der Waals surface area contributed by atoms with Crippen LogP contribution in [0, 0.1) is 6.92 Å². The number of nitrogens with zero attached hydrogens (tertiary/aromatic N) is 1. The van der Waals surface area contributed by atoms with Crippen LogP contribution in [0.25, 0.3) is 0 Å². The number of carbonyl (C=O) groups is 1. The first-order chi connectivity index (χ1) is 12.3. The van der Waals surface area contributed by atoms with Gasteiger partial charge in [0.15, 0.2) is 0 Å². The van der Waals surface area contributed by atoms with E-state index in [2.05, 4.69) is 0 Å². The third-order valence-corrected chi connectivity index (χ3v) is 3.92. The highest BCUT2D eigenvalue weighted by atomic mass is 19.4. The average molecular weight is 365 g/mol. The number of amides is 1. The Kier molecular flexibility index (Phi) is 6.66. The molecule has 0 radical (unpaired) electrons. The van der Waals surface area contributed by atoms with Crippen molar-refractivity contribution in [2.45, 2.75) is 32.5 Å². The van der Waals surface area contributed by atoms with Crippen LogP contribution in [-0.2, 0) is 17.5 Å². The Bertz CT molecular complexity index is 727. The first-order valence-corrected chi connectivity index (χ1v) is 8.35. The molecule has 140 valence electrons. The summed E-state index contributed by atoms with van der Waals surface area (Å²) in [5.41, 5.74) is 1.07. The van der Waals surface area contributed by atoms with Crippen molar-refractivity contribution in [3.63, 3.8) is 0 Å². The van der Waals surface area contributed by atoms with E-state index in [1.807, 2.05) is 31.2 Å². The van der Waals surface area contributed by atoms with Gasteiger partial charge < -0.3 is 9.64 Å². The largest absolute Gasteiger partial charge is 0.494 e. The smallest absolute Gasteiger partial charge is 0.416 e. The topological polar surface area (TPSA) is 29.5 Å². The van der Waals surface area contributed by atoms with Crippen LogP contribution < -0.4 is 4.74 Å². The van der Waals surface area contributed by atoms with Gasteiger partial charge in [0, 0.05) is 20.0 Å². The Hall–Kier alpha value is -2.50. The number of alkyl halides is 3. The van der Waals surface area contributed by atoms with E-state index in [-0.39, 0.29) is 12.5 Å². The summed E-state index contributed by atoms with van der Waals surface area (Å²) in [6.07, 6.45) is -3.45. The van der Waals surface area contributed by atoms with E-state index in [1.54, 1.807) is 7.05 Å². The predicted octanol–water partition coefficient (Wildman–Crippen LogP) is 4.83. The third kappa shape index (κ3) is 6.10. The molecular weight excluding hydrogens is 343 g/mol. The Balaban J connectivity index is 1.75. The molecule has 6 heteroatoms. The Morgan fingerprint density at radius 2 is 1.81 bits per heavy atom. The highest BCUT2D eigenvalue weighted by Crippen LogP contribution is 2.29. The van der Waals surface area contributed by atoms with Crippen molar-refractivity contribution in [2.24, 2.45) is 0 Å². The molecule has 0 fully saturated rings. The molecule has 0 bridgehead atoms. The van der Waals surface area contributed by atoms with Crippen molar-refractivity contribution in [1.29, 1.82) is 0 Å². The van der Waals surface area contributed by atoms with Gasteiger partial charge in [0.25, 0.3) is 0 Å². The lowest BCUT2D eigenvalue weighted by Crippen LogP contribution is -2.26. The fourth-order valence-corrected chi connectivity index (χ4v) is 2.47. The number of carbonyl (C=O) groups excluding carboxylic acids is 1. The van der Waals surface area contributed by atoms with Crippen LogP contribution in [0.2, 0.25) is 0 Å². The standard InChI is InChI=1S/C20H22F3NO2/c1-15-5-3-6-18(13-15)26-12-4-7-19(25)24(2)14-16-8-10-17(11-9-16)20(21,22)23/h3,5-6,8-11,13H,4,7,12,14H2,1-2H3. The maximum absolute atomic E-state index is 12.6. The second-order valence-corrected chi connectivity index (χ2v) is 6.21. The number of benzene rings is 2.